The molecule has 0 saturated carbocycles. The Labute approximate surface area is 155 Å². The van der Waals surface area contributed by atoms with E-state index in [1.165, 1.54) is 5.39 Å². The highest BCUT2D eigenvalue weighted by Gasteiger charge is 2.28. The number of hydrogen-bond acceptors (Lipinski definition) is 3. The second-order valence-electron chi connectivity index (χ2n) is 8.27. The van der Waals surface area contributed by atoms with E-state index in [4.69, 9.17) is 4.74 Å². The Kier molecular flexibility index (Phi) is 5.52. The molecule has 26 heavy (non-hydrogen) atoms. The van der Waals surface area contributed by atoms with Gasteiger partial charge in [0.1, 0.15) is 5.60 Å². The lowest BCUT2D eigenvalue weighted by molar-refractivity contribution is 0.0161. The first-order valence-electron chi connectivity index (χ1n) is 9.46. The van der Waals surface area contributed by atoms with E-state index in [9.17, 15) is 9.90 Å². The summed E-state index contributed by atoms with van der Waals surface area (Å²) in [5, 5.41) is 13.0. The van der Waals surface area contributed by atoms with E-state index in [0.29, 0.717) is 19.0 Å². The number of carbonyl (C=O) groups is 1. The molecule has 1 N–H and O–H groups in total. The van der Waals surface area contributed by atoms with E-state index in [1.54, 1.807) is 4.90 Å². The van der Waals surface area contributed by atoms with Crippen molar-refractivity contribution in [2.75, 3.05) is 13.1 Å². The van der Waals surface area contributed by atoms with E-state index in [0.717, 1.165) is 30.2 Å². The monoisotopic (exact) mass is 355 g/mol. The maximum atomic E-state index is 12.1. The zero-order chi connectivity index (χ0) is 18.7. The van der Waals surface area contributed by atoms with Crippen LogP contribution in [0.5, 0.6) is 0 Å². The fourth-order valence-corrected chi connectivity index (χ4v) is 3.54. The standard InChI is InChI=1S/C22H29NO3/c1-22(2,3)26-21(25)23-12-10-16(11-13-23)14-20(24)19-9-8-17-6-4-5-7-18(17)15-19/h4-9,15-16,20,24H,10-14H2,1-3H3. The van der Waals surface area contributed by atoms with Gasteiger partial charge in [-0.25, -0.2) is 4.79 Å². The van der Waals surface area contributed by atoms with Gasteiger partial charge in [-0.3, -0.25) is 0 Å². The lowest BCUT2D eigenvalue weighted by Gasteiger charge is -2.34. The first-order valence-corrected chi connectivity index (χ1v) is 9.46. The number of carbonyl (C=O) groups excluding carboxylic acids is 1. The summed E-state index contributed by atoms with van der Waals surface area (Å²) in [6.07, 6.45) is 1.86. The SMILES string of the molecule is CC(C)(C)OC(=O)N1CCC(CC(O)c2ccc3ccccc3c2)CC1. The maximum Gasteiger partial charge on any atom is 0.410 e. The molecule has 0 aliphatic carbocycles. The summed E-state index contributed by atoms with van der Waals surface area (Å²) in [5.74, 6) is 0.426. The van der Waals surface area contributed by atoms with Crippen LogP contribution < -0.4 is 0 Å². The first kappa shape index (κ1) is 18.7. The van der Waals surface area contributed by atoms with Crippen LogP contribution in [-0.4, -0.2) is 34.8 Å². The molecule has 140 valence electrons. The number of benzene rings is 2. The molecule has 0 bridgehead atoms. The number of nitrogens with zero attached hydrogens (tertiary/aromatic N) is 1. The van der Waals surface area contributed by atoms with Gasteiger partial charge in [0.25, 0.3) is 0 Å². The molecule has 4 heteroatoms. The number of rotatable bonds is 3. The molecule has 1 saturated heterocycles. The van der Waals surface area contributed by atoms with E-state index in [1.807, 2.05) is 39.0 Å². The Hall–Kier alpha value is -2.07. The third-order valence-corrected chi connectivity index (χ3v) is 4.98. The van der Waals surface area contributed by atoms with E-state index < -0.39 is 11.7 Å². The molecule has 1 heterocycles. The Bertz CT molecular complexity index is 757. The molecule has 2 aromatic rings. The average Bonchev–Trinajstić information content (AvgIpc) is 2.60. The molecule has 1 amide bonds. The van der Waals surface area contributed by atoms with Gasteiger partial charge in [-0.15, -0.1) is 0 Å². The van der Waals surface area contributed by atoms with Crippen molar-refractivity contribution in [2.24, 2.45) is 5.92 Å². The molecule has 1 aliphatic heterocycles. The quantitative estimate of drug-likeness (QED) is 0.851. The lowest BCUT2D eigenvalue weighted by atomic mass is 9.88. The number of ether oxygens (including phenoxy) is 1. The van der Waals surface area contributed by atoms with Crippen molar-refractivity contribution >= 4 is 16.9 Å². The summed E-state index contributed by atoms with van der Waals surface area (Å²) in [7, 11) is 0. The van der Waals surface area contributed by atoms with Crippen LogP contribution in [-0.2, 0) is 4.74 Å². The van der Waals surface area contributed by atoms with Crippen molar-refractivity contribution in [1.82, 2.24) is 4.90 Å². The van der Waals surface area contributed by atoms with Gasteiger partial charge in [0, 0.05) is 13.1 Å². The number of aliphatic hydroxyl groups excluding tert-OH is 1. The van der Waals surface area contributed by atoms with Gasteiger partial charge in [0.15, 0.2) is 0 Å². The van der Waals surface area contributed by atoms with Gasteiger partial charge in [0.05, 0.1) is 6.10 Å². The molecule has 4 nitrogen and oxygen atoms in total. The predicted octanol–water partition coefficient (Wildman–Crippen LogP) is 4.91. The minimum atomic E-state index is -0.460. The molecule has 1 aliphatic rings. The van der Waals surface area contributed by atoms with Gasteiger partial charge >= 0.3 is 6.09 Å². The maximum absolute atomic E-state index is 12.1. The van der Waals surface area contributed by atoms with Gasteiger partial charge in [-0.1, -0.05) is 36.4 Å². The van der Waals surface area contributed by atoms with Crippen LogP contribution in [0, 0.1) is 5.92 Å². The largest absolute Gasteiger partial charge is 0.444 e. The average molecular weight is 355 g/mol. The smallest absolute Gasteiger partial charge is 0.410 e. The Morgan fingerprint density at radius 3 is 2.46 bits per heavy atom. The zero-order valence-corrected chi connectivity index (χ0v) is 15.9. The van der Waals surface area contributed by atoms with Crippen molar-refractivity contribution in [1.29, 1.82) is 0 Å². The van der Waals surface area contributed by atoms with Crippen LogP contribution in [0.3, 0.4) is 0 Å². The molecular formula is C22H29NO3. The van der Waals surface area contributed by atoms with Crippen LogP contribution in [0.15, 0.2) is 42.5 Å². The van der Waals surface area contributed by atoms with Crippen LogP contribution in [0.1, 0.15) is 51.7 Å². The molecule has 0 spiro atoms. The van der Waals surface area contributed by atoms with Gasteiger partial charge < -0.3 is 14.7 Å². The van der Waals surface area contributed by atoms with E-state index >= 15 is 0 Å². The Morgan fingerprint density at radius 1 is 1.15 bits per heavy atom. The number of amides is 1. The van der Waals surface area contributed by atoms with Crippen LogP contribution in [0.2, 0.25) is 0 Å². The fraction of sp³-hybridized carbons (Fsp3) is 0.500. The molecule has 3 rings (SSSR count). The highest BCUT2D eigenvalue weighted by Crippen LogP contribution is 2.30. The number of piperidine rings is 1. The molecular weight excluding hydrogens is 326 g/mol. The second kappa shape index (κ2) is 7.67. The third-order valence-electron chi connectivity index (χ3n) is 4.98. The topological polar surface area (TPSA) is 49.8 Å². The van der Waals surface area contributed by atoms with Crippen LogP contribution in [0.25, 0.3) is 10.8 Å². The van der Waals surface area contributed by atoms with E-state index in [-0.39, 0.29) is 6.09 Å². The van der Waals surface area contributed by atoms with Gasteiger partial charge in [0.2, 0.25) is 0 Å². The Morgan fingerprint density at radius 2 is 1.81 bits per heavy atom. The number of likely N-dealkylation sites (tertiary alicyclic amines) is 1. The third kappa shape index (κ3) is 4.76. The minimum Gasteiger partial charge on any atom is -0.444 e. The normalized spacial score (nSPS) is 17.3. The fourth-order valence-electron chi connectivity index (χ4n) is 3.54. The number of fused-ring (bicyclic) bond motifs is 1. The molecule has 1 fully saturated rings. The lowest BCUT2D eigenvalue weighted by Crippen LogP contribution is -2.41. The summed E-state index contributed by atoms with van der Waals surface area (Å²) in [5.41, 5.74) is 0.512. The molecule has 0 aromatic heterocycles. The molecule has 1 atom stereocenters. The van der Waals surface area contributed by atoms with E-state index in [2.05, 4.69) is 24.3 Å². The van der Waals surface area contributed by atoms with Gasteiger partial charge in [-0.05, 0) is 68.4 Å². The number of hydrogen-bond donors (Lipinski definition) is 1. The van der Waals surface area contributed by atoms with Crippen molar-refractivity contribution in [3.05, 3.63) is 48.0 Å². The molecule has 1 unspecified atom stereocenters. The highest BCUT2D eigenvalue weighted by atomic mass is 16.6. The molecule has 0 radical (unpaired) electrons. The van der Waals surface area contributed by atoms with Crippen molar-refractivity contribution < 1.29 is 14.6 Å². The zero-order valence-electron chi connectivity index (χ0n) is 15.9. The summed E-state index contributed by atoms with van der Waals surface area (Å²) in [6, 6.07) is 14.4. The minimum absolute atomic E-state index is 0.231. The van der Waals surface area contributed by atoms with Crippen molar-refractivity contribution in [3.63, 3.8) is 0 Å². The summed E-state index contributed by atoms with van der Waals surface area (Å²) < 4.78 is 5.44. The first-order chi connectivity index (χ1) is 12.3. The summed E-state index contributed by atoms with van der Waals surface area (Å²) >= 11 is 0. The van der Waals surface area contributed by atoms with Crippen molar-refractivity contribution in [3.8, 4) is 0 Å². The highest BCUT2D eigenvalue weighted by molar-refractivity contribution is 5.83. The molecule has 2 aromatic carbocycles. The predicted molar refractivity (Wildman–Crippen MR) is 104 cm³/mol. The van der Waals surface area contributed by atoms with Gasteiger partial charge in [-0.2, -0.15) is 0 Å². The number of aliphatic hydroxyl groups is 1. The second-order valence-corrected chi connectivity index (χ2v) is 8.27. The summed E-state index contributed by atoms with van der Waals surface area (Å²) in [4.78, 5) is 13.9. The van der Waals surface area contributed by atoms with Crippen LogP contribution in [0.4, 0.5) is 4.79 Å². The van der Waals surface area contributed by atoms with Crippen molar-refractivity contribution in [2.45, 2.75) is 51.7 Å². The summed E-state index contributed by atoms with van der Waals surface area (Å²) in [6.45, 7) is 7.06. The Balaban J connectivity index is 1.54. The van der Waals surface area contributed by atoms with Crippen LogP contribution >= 0.6 is 0 Å².